The van der Waals surface area contributed by atoms with Gasteiger partial charge in [-0.1, -0.05) is 48.4 Å². The Morgan fingerprint density at radius 2 is 1.85 bits per heavy atom. The van der Waals surface area contributed by atoms with Crippen molar-refractivity contribution in [3.63, 3.8) is 0 Å². The third kappa shape index (κ3) is 5.07. The van der Waals surface area contributed by atoms with E-state index in [1.165, 1.54) is 5.56 Å². The Balaban J connectivity index is 1.64. The van der Waals surface area contributed by atoms with Gasteiger partial charge in [-0.3, -0.25) is 14.5 Å². The molecule has 0 unspecified atom stereocenters. The molecule has 2 atom stereocenters. The zero-order valence-corrected chi connectivity index (χ0v) is 20.7. The summed E-state index contributed by atoms with van der Waals surface area (Å²) in [4.78, 5) is 28.2. The van der Waals surface area contributed by atoms with Crippen molar-refractivity contribution < 1.29 is 14.3 Å². The van der Waals surface area contributed by atoms with E-state index in [1.807, 2.05) is 24.0 Å². The molecular formula is C28H35N3O3. The molecule has 34 heavy (non-hydrogen) atoms. The zero-order chi connectivity index (χ0) is 24.2. The molecular weight excluding hydrogens is 426 g/mol. The molecule has 1 fully saturated rings. The first-order chi connectivity index (χ1) is 16.4. The first-order valence-electron chi connectivity index (χ1n) is 12.3. The van der Waals surface area contributed by atoms with Crippen molar-refractivity contribution in [2.45, 2.75) is 65.5 Å². The Bertz CT molecular complexity index is 1090. The first-order valence-corrected chi connectivity index (χ1v) is 12.3. The maximum Gasteiger partial charge on any atom is 0.323 e. The molecule has 2 heterocycles. The summed E-state index contributed by atoms with van der Waals surface area (Å²) in [7, 11) is 0. The molecule has 0 aromatic heterocycles. The van der Waals surface area contributed by atoms with Crippen LogP contribution in [0.5, 0.6) is 0 Å². The van der Waals surface area contributed by atoms with Gasteiger partial charge < -0.3 is 4.74 Å². The van der Waals surface area contributed by atoms with E-state index >= 15 is 0 Å². The summed E-state index contributed by atoms with van der Waals surface area (Å²) in [5, 5.41) is 6.55. The second kappa shape index (κ2) is 10.5. The standard InChI is InChI=1S/C28H35N3O3/c1-5-34-28(33)25-12-8-9-15-30(25)18-27(32)31-26(22-11-7-6-10-20(22)3)17-24(29-31)23-16-19(2)13-14-21(23)4/h6-7,10-11,13-14,16,25-26H,5,8-9,12,15,17-18H2,1-4H3/t25-,26-/m1/s1. The molecule has 0 radical (unpaired) electrons. The number of benzene rings is 2. The van der Waals surface area contributed by atoms with Gasteiger partial charge in [0.15, 0.2) is 0 Å². The van der Waals surface area contributed by atoms with Crippen LogP contribution < -0.4 is 0 Å². The number of likely N-dealkylation sites (tertiary alicyclic amines) is 1. The van der Waals surface area contributed by atoms with E-state index in [9.17, 15) is 9.59 Å². The van der Waals surface area contributed by atoms with Gasteiger partial charge in [-0.05, 0) is 69.8 Å². The van der Waals surface area contributed by atoms with Crippen LogP contribution in [0.2, 0.25) is 0 Å². The van der Waals surface area contributed by atoms with Gasteiger partial charge in [0.2, 0.25) is 0 Å². The van der Waals surface area contributed by atoms with E-state index in [1.54, 1.807) is 5.01 Å². The Morgan fingerprint density at radius 1 is 1.06 bits per heavy atom. The fraction of sp³-hybridized carbons (Fsp3) is 0.464. The van der Waals surface area contributed by atoms with Gasteiger partial charge in [-0.25, -0.2) is 5.01 Å². The van der Waals surface area contributed by atoms with E-state index in [-0.39, 0.29) is 30.5 Å². The van der Waals surface area contributed by atoms with Crippen LogP contribution in [0, 0.1) is 20.8 Å². The third-order valence-electron chi connectivity index (χ3n) is 6.93. The van der Waals surface area contributed by atoms with Crippen molar-refractivity contribution in [1.82, 2.24) is 9.91 Å². The largest absolute Gasteiger partial charge is 0.465 e. The second-order valence-corrected chi connectivity index (χ2v) is 9.41. The van der Waals surface area contributed by atoms with E-state index in [2.05, 4.69) is 51.1 Å². The van der Waals surface area contributed by atoms with E-state index in [0.717, 1.165) is 47.2 Å². The summed E-state index contributed by atoms with van der Waals surface area (Å²) in [6, 6.07) is 14.0. The second-order valence-electron chi connectivity index (χ2n) is 9.41. The highest BCUT2D eigenvalue weighted by Gasteiger charge is 2.37. The highest BCUT2D eigenvalue weighted by Crippen LogP contribution is 2.35. The number of nitrogens with zero attached hydrogens (tertiary/aromatic N) is 3. The molecule has 2 aliphatic heterocycles. The number of hydrazone groups is 1. The smallest absolute Gasteiger partial charge is 0.323 e. The lowest BCUT2D eigenvalue weighted by atomic mass is 9.93. The maximum atomic E-state index is 13.7. The Labute approximate surface area is 202 Å². The summed E-state index contributed by atoms with van der Waals surface area (Å²) in [6.45, 7) is 9.28. The van der Waals surface area contributed by atoms with Crippen molar-refractivity contribution in [3.8, 4) is 0 Å². The molecule has 6 nitrogen and oxygen atoms in total. The van der Waals surface area contributed by atoms with E-state index in [0.29, 0.717) is 19.6 Å². The molecule has 1 amide bonds. The van der Waals surface area contributed by atoms with Gasteiger partial charge in [-0.2, -0.15) is 5.10 Å². The molecule has 180 valence electrons. The van der Waals surface area contributed by atoms with Crippen LogP contribution in [0.3, 0.4) is 0 Å². The van der Waals surface area contributed by atoms with Crippen LogP contribution in [-0.2, 0) is 14.3 Å². The van der Waals surface area contributed by atoms with Gasteiger partial charge in [0.05, 0.1) is 24.9 Å². The highest BCUT2D eigenvalue weighted by atomic mass is 16.5. The lowest BCUT2D eigenvalue weighted by molar-refractivity contribution is -0.152. The number of carbonyl (C=O) groups excluding carboxylic acids is 2. The highest BCUT2D eigenvalue weighted by molar-refractivity contribution is 6.04. The summed E-state index contributed by atoms with van der Waals surface area (Å²) >= 11 is 0. The van der Waals surface area contributed by atoms with Crippen molar-refractivity contribution >= 4 is 17.6 Å². The predicted octanol–water partition coefficient (Wildman–Crippen LogP) is 4.71. The molecule has 0 N–H and O–H groups in total. The molecule has 2 aromatic carbocycles. The zero-order valence-electron chi connectivity index (χ0n) is 20.7. The van der Waals surface area contributed by atoms with Crippen molar-refractivity contribution in [2.24, 2.45) is 5.10 Å². The number of ether oxygens (including phenoxy) is 1. The summed E-state index contributed by atoms with van der Waals surface area (Å²) < 4.78 is 5.29. The molecule has 6 heteroatoms. The van der Waals surface area contributed by atoms with Crippen molar-refractivity contribution in [1.29, 1.82) is 0 Å². The van der Waals surface area contributed by atoms with Gasteiger partial charge in [0.1, 0.15) is 6.04 Å². The van der Waals surface area contributed by atoms with Crippen molar-refractivity contribution in [2.75, 3.05) is 19.7 Å². The van der Waals surface area contributed by atoms with Gasteiger partial charge in [0, 0.05) is 12.0 Å². The number of hydrogen-bond acceptors (Lipinski definition) is 5. The average molecular weight is 462 g/mol. The molecule has 0 saturated carbocycles. The fourth-order valence-corrected chi connectivity index (χ4v) is 5.08. The van der Waals surface area contributed by atoms with Crippen LogP contribution >= 0.6 is 0 Å². The topological polar surface area (TPSA) is 62.2 Å². The van der Waals surface area contributed by atoms with Crippen LogP contribution in [0.25, 0.3) is 0 Å². The SMILES string of the molecule is CCOC(=O)[C@H]1CCCCN1CC(=O)N1N=C(c2cc(C)ccc2C)C[C@@H]1c1ccccc1C. The van der Waals surface area contributed by atoms with Crippen LogP contribution in [0.4, 0.5) is 0 Å². The number of rotatable bonds is 6. The van der Waals surface area contributed by atoms with Gasteiger partial charge in [-0.15, -0.1) is 0 Å². The summed E-state index contributed by atoms with van der Waals surface area (Å²) in [5.74, 6) is -0.309. The number of piperidine rings is 1. The molecule has 4 rings (SSSR count). The minimum absolute atomic E-state index is 0.0789. The average Bonchev–Trinajstić information content (AvgIpc) is 3.26. The minimum atomic E-state index is -0.361. The molecule has 0 aliphatic carbocycles. The quantitative estimate of drug-likeness (QED) is 0.585. The number of amides is 1. The Hall–Kier alpha value is -2.99. The lowest BCUT2D eigenvalue weighted by Gasteiger charge is -2.34. The summed E-state index contributed by atoms with van der Waals surface area (Å²) in [5.41, 5.74) is 6.61. The van der Waals surface area contributed by atoms with E-state index in [4.69, 9.17) is 9.84 Å². The van der Waals surface area contributed by atoms with Crippen molar-refractivity contribution in [3.05, 3.63) is 70.3 Å². The van der Waals surface area contributed by atoms with Gasteiger partial charge >= 0.3 is 5.97 Å². The number of hydrogen-bond donors (Lipinski definition) is 0. The van der Waals surface area contributed by atoms with Gasteiger partial charge in [0.25, 0.3) is 5.91 Å². The van der Waals surface area contributed by atoms with Crippen LogP contribution in [-0.4, -0.2) is 53.2 Å². The molecule has 2 aliphatic rings. The van der Waals surface area contributed by atoms with Crippen LogP contribution in [0.1, 0.15) is 66.5 Å². The number of carbonyl (C=O) groups is 2. The third-order valence-corrected chi connectivity index (χ3v) is 6.93. The molecule has 0 spiro atoms. The Kier molecular flexibility index (Phi) is 7.47. The summed E-state index contributed by atoms with van der Waals surface area (Å²) in [6.07, 6.45) is 3.34. The number of esters is 1. The van der Waals surface area contributed by atoms with Crippen LogP contribution in [0.15, 0.2) is 47.6 Å². The van der Waals surface area contributed by atoms with E-state index < -0.39 is 0 Å². The Morgan fingerprint density at radius 3 is 2.62 bits per heavy atom. The normalized spacial score (nSPS) is 20.8. The molecule has 0 bridgehead atoms. The lowest BCUT2D eigenvalue weighted by Crippen LogP contribution is -2.49. The predicted molar refractivity (Wildman–Crippen MR) is 134 cm³/mol. The maximum absolute atomic E-state index is 13.7. The first kappa shape index (κ1) is 24.1. The fourth-order valence-electron chi connectivity index (χ4n) is 5.08. The molecule has 1 saturated heterocycles. The number of aryl methyl sites for hydroxylation is 3. The minimum Gasteiger partial charge on any atom is -0.465 e. The molecule has 2 aromatic rings. The monoisotopic (exact) mass is 461 g/mol.